The van der Waals surface area contributed by atoms with Crippen LogP contribution in [0.15, 0.2) is 48.5 Å². The highest BCUT2D eigenvalue weighted by atomic mass is 16.5. The van der Waals surface area contributed by atoms with Gasteiger partial charge in [-0.2, -0.15) is 0 Å². The summed E-state index contributed by atoms with van der Waals surface area (Å²) < 4.78 is 54.0. The molecule has 0 aliphatic carbocycles. The molecule has 4 aromatic carbocycles. The standard InChI is InChI=1S/C80H114N8O8/c1-9-17-25-33-41-89-65-49-57-58(50-66(65)90-42-34-26-18-10-2)74-81-73(57)85-75-59-51-67(91-43-35-27-19-11-3)68(92-44-36-28-20-12-4)52-60(59)77(82-75)87-79-63-55-71(95-47-39-31-23-15-7)72(96-48-40-32-24-16-8)56-64(63)80(84-79)88-78-62-54-70(94-46-38-30-22-14-6)69(93-45-37-29-21-13-5)53-61(62)76(83-78)86-74/h49-56H,9-48H2,1-8H3,(H2,81,82,83,84,85,86,87,88). The maximum Gasteiger partial charge on any atom is 0.164 e. The highest BCUT2D eigenvalue weighted by Gasteiger charge is 2.28. The first kappa shape index (κ1) is 72.9. The van der Waals surface area contributed by atoms with Gasteiger partial charge < -0.3 is 47.9 Å². The quantitative estimate of drug-likeness (QED) is 0.0344. The predicted molar refractivity (Wildman–Crippen MR) is 393 cm³/mol. The van der Waals surface area contributed by atoms with E-state index in [1.54, 1.807) is 0 Å². The SMILES string of the molecule is CCCCCCOc1cc2c(cc1OCCCCCC)-c1nc-2nc2[nH]c(nc3nc(nc4[nH]c(n1)c1cc(OCCCCCC)c(OCCCCCC)cc41)-c1cc(OCCCCCC)c(OCCCCCC)cc1-3)c1cc(OCCCCCC)c(OCCCCCC)cc21. The van der Waals surface area contributed by atoms with Crippen molar-refractivity contribution in [2.45, 2.75) is 261 Å². The Balaban J connectivity index is 1.36. The fraction of sp³-hybridized carbons (Fsp3) is 0.600. The zero-order chi connectivity index (χ0) is 67.1. The third kappa shape index (κ3) is 20.4. The highest BCUT2D eigenvalue weighted by molar-refractivity contribution is 6.08. The van der Waals surface area contributed by atoms with Gasteiger partial charge in [0.2, 0.25) is 0 Å². The molecule has 9 rings (SSSR count). The molecule has 0 atom stereocenters. The van der Waals surface area contributed by atoms with Gasteiger partial charge in [0, 0.05) is 43.8 Å². The predicted octanol–water partition coefficient (Wildman–Crippen LogP) is 22.5. The molecule has 0 unspecified atom stereocenters. The lowest BCUT2D eigenvalue weighted by atomic mass is 10.1. The number of hydrogen-bond acceptors (Lipinski definition) is 14. The van der Waals surface area contributed by atoms with Gasteiger partial charge in [-0.05, 0) is 99.9 Å². The van der Waals surface area contributed by atoms with Gasteiger partial charge in [-0.1, -0.05) is 209 Å². The molecule has 2 aliphatic heterocycles. The van der Waals surface area contributed by atoms with E-state index in [4.69, 9.17) is 67.8 Å². The topological polar surface area (TPSA) is 183 Å². The van der Waals surface area contributed by atoms with Crippen LogP contribution < -0.4 is 37.9 Å². The zero-order valence-electron chi connectivity index (χ0n) is 59.9. The Morgan fingerprint density at radius 3 is 0.542 bits per heavy atom. The summed E-state index contributed by atoms with van der Waals surface area (Å²) in [5, 5.41) is 3.15. The Morgan fingerprint density at radius 1 is 0.208 bits per heavy atom. The molecule has 0 saturated carbocycles. The van der Waals surface area contributed by atoms with Crippen molar-refractivity contribution in [2.24, 2.45) is 0 Å². The van der Waals surface area contributed by atoms with E-state index in [1.165, 1.54) is 0 Å². The Kier molecular flexibility index (Phi) is 30.2. The van der Waals surface area contributed by atoms with Crippen molar-refractivity contribution in [2.75, 3.05) is 52.9 Å². The molecular formula is C80H114N8O8. The molecule has 0 amide bonds. The summed E-state index contributed by atoms with van der Waals surface area (Å²) in [6.07, 6.45) is 34.2. The molecule has 16 nitrogen and oxygen atoms in total. The number of aromatic amines is 2. The number of H-pyrrole nitrogens is 2. The van der Waals surface area contributed by atoms with Crippen LogP contribution >= 0.6 is 0 Å². The van der Waals surface area contributed by atoms with Gasteiger partial charge in [-0.3, -0.25) is 0 Å². The van der Waals surface area contributed by atoms with Crippen molar-refractivity contribution in [1.29, 1.82) is 0 Å². The lowest BCUT2D eigenvalue weighted by Gasteiger charge is -2.15. The Labute approximate surface area is 573 Å². The lowest BCUT2D eigenvalue weighted by molar-refractivity contribution is 0.259. The van der Waals surface area contributed by atoms with Crippen molar-refractivity contribution in [3.8, 4) is 91.5 Å². The van der Waals surface area contributed by atoms with E-state index in [1.807, 2.05) is 0 Å². The van der Waals surface area contributed by atoms with Crippen molar-refractivity contribution >= 4 is 44.1 Å². The molecule has 8 bridgehead atoms. The minimum atomic E-state index is 0.451. The van der Waals surface area contributed by atoms with Crippen LogP contribution in [-0.2, 0) is 0 Å². The second-order valence-electron chi connectivity index (χ2n) is 26.3. The highest BCUT2D eigenvalue weighted by Crippen LogP contribution is 2.46. The van der Waals surface area contributed by atoms with Crippen molar-refractivity contribution in [1.82, 2.24) is 39.9 Å². The summed E-state index contributed by atoms with van der Waals surface area (Å²) in [4.78, 5) is 40.7. The molecule has 7 aromatic rings. The summed E-state index contributed by atoms with van der Waals surface area (Å²) >= 11 is 0. The van der Waals surface area contributed by atoms with E-state index in [-0.39, 0.29) is 0 Å². The zero-order valence-corrected chi connectivity index (χ0v) is 59.9. The fourth-order valence-electron chi connectivity index (χ4n) is 12.4. The Bertz CT molecular complexity index is 3230. The van der Waals surface area contributed by atoms with E-state index >= 15 is 0 Å². The molecule has 2 aliphatic rings. The second kappa shape index (κ2) is 39.8. The smallest absolute Gasteiger partial charge is 0.164 e. The molecule has 0 radical (unpaired) electrons. The van der Waals surface area contributed by atoms with Gasteiger partial charge in [0.15, 0.2) is 69.3 Å². The monoisotopic (exact) mass is 1310 g/mol. The van der Waals surface area contributed by atoms with Crippen LogP contribution in [-0.4, -0.2) is 92.7 Å². The first-order chi connectivity index (χ1) is 47.3. The summed E-state index contributed by atoms with van der Waals surface area (Å²) in [6.45, 7) is 22.2. The van der Waals surface area contributed by atoms with Gasteiger partial charge in [0.25, 0.3) is 0 Å². The van der Waals surface area contributed by atoms with Crippen LogP contribution in [0.4, 0.5) is 0 Å². The van der Waals surface area contributed by atoms with Crippen LogP contribution in [0.1, 0.15) is 261 Å². The normalized spacial score (nSPS) is 11.8. The summed E-state index contributed by atoms with van der Waals surface area (Å²) in [5.74, 6) is 7.02. The Morgan fingerprint density at radius 2 is 0.375 bits per heavy atom. The van der Waals surface area contributed by atoms with Crippen LogP contribution in [0, 0.1) is 0 Å². The first-order valence-corrected chi connectivity index (χ1v) is 37.9. The number of unbranched alkanes of at least 4 members (excludes halogenated alkanes) is 24. The Hall–Kier alpha value is -7.36. The molecule has 96 heavy (non-hydrogen) atoms. The molecule has 5 heterocycles. The minimum Gasteiger partial charge on any atom is -0.490 e. The number of ether oxygens (including phenoxy) is 8. The molecular weight excluding hydrogens is 1200 g/mol. The van der Waals surface area contributed by atoms with E-state index in [0.29, 0.717) is 145 Å². The number of nitrogens with zero attached hydrogens (tertiary/aromatic N) is 6. The lowest BCUT2D eigenvalue weighted by Crippen LogP contribution is -2.03. The van der Waals surface area contributed by atoms with Gasteiger partial charge in [0.1, 0.15) is 22.6 Å². The van der Waals surface area contributed by atoms with Crippen molar-refractivity contribution in [3.05, 3.63) is 48.5 Å². The van der Waals surface area contributed by atoms with E-state index in [2.05, 4.69) is 114 Å². The van der Waals surface area contributed by atoms with Crippen molar-refractivity contribution < 1.29 is 37.9 Å². The maximum atomic E-state index is 6.75. The third-order valence-electron chi connectivity index (χ3n) is 18.1. The molecule has 522 valence electrons. The van der Waals surface area contributed by atoms with Gasteiger partial charge >= 0.3 is 0 Å². The van der Waals surface area contributed by atoms with Crippen molar-refractivity contribution in [3.63, 3.8) is 0 Å². The van der Waals surface area contributed by atoms with Crippen LogP contribution in [0.3, 0.4) is 0 Å². The maximum absolute atomic E-state index is 6.75. The van der Waals surface area contributed by atoms with E-state index in [9.17, 15) is 0 Å². The second-order valence-corrected chi connectivity index (χ2v) is 26.3. The number of rotatable bonds is 48. The van der Waals surface area contributed by atoms with Gasteiger partial charge in [-0.15, -0.1) is 0 Å². The minimum absolute atomic E-state index is 0.451. The molecule has 2 N–H and O–H groups in total. The van der Waals surface area contributed by atoms with Crippen LogP contribution in [0.25, 0.3) is 89.7 Å². The van der Waals surface area contributed by atoms with Crippen LogP contribution in [0.2, 0.25) is 0 Å². The fourth-order valence-corrected chi connectivity index (χ4v) is 12.4. The number of benzene rings is 4. The summed E-state index contributed by atoms with van der Waals surface area (Å²) in [6, 6.07) is 16.5. The average Bonchev–Trinajstić information content (AvgIpc) is 1.60. The number of nitrogens with one attached hydrogen (secondary N) is 2. The molecule has 0 fully saturated rings. The summed E-state index contributed by atoms with van der Waals surface area (Å²) in [7, 11) is 0. The van der Waals surface area contributed by atoms with Gasteiger partial charge in [0.05, 0.1) is 52.9 Å². The first-order valence-electron chi connectivity index (χ1n) is 37.9. The molecule has 16 heteroatoms. The number of hydrogen-bond donors (Lipinski definition) is 2. The largest absolute Gasteiger partial charge is 0.490 e. The average molecular weight is 1320 g/mol. The third-order valence-corrected chi connectivity index (χ3v) is 18.1. The van der Waals surface area contributed by atoms with E-state index in [0.717, 1.165) is 249 Å². The molecule has 3 aromatic heterocycles. The molecule has 0 saturated heterocycles. The number of fused-ring (bicyclic) bond motifs is 20. The van der Waals surface area contributed by atoms with Crippen LogP contribution in [0.5, 0.6) is 46.0 Å². The summed E-state index contributed by atoms with van der Waals surface area (Å²) in [5.41, 5.74) is 5.19. The number of aromatic nitrogens is 8. The van der Waals surface area contributed by atoms with E-state index < -0.39 is 0 Å². The molecule has 0 spiro atoms. The van der Waals surface area contributed by atoms with Gasteiger partial charge in [-0.25, -0.2) is 29.9 Å².